The van der Waals surface area contributed by atoms with E-state index in [1.165, 1.54) is 0 Å². The third-order valence-electron chi connectivity index (χ3n) is 3.48. The third kappa shape index (κ3) is 3.17. The molecule has 2 rings (SSSR count). The third-order valence-corrected chi connectivity index (χ3v) is 3.48. The first-order chi connectivity index (χ1) is 9.53. The lowest BCUT2D eigenvalue weighted by Gasteiger charge is -2.17. The Labute approximate surface area is 118 Å². The van der Waals surface area contributed by atoms with Crippen molar-refractivity contribution >= 4 is 17.6 Å². The Bertz CT molecular complexity index is 536. The van der Waals surface area contributed by atoms with Crippen molar-refractivity contribution in [1.82, 2.24) is 4.90 Å². The second-order valence-electron chi connectivity index (χ2n) is 4.93. The molecule has 0 atom stereocenters. The van der Waals surface area contributed by atoms with E-state index in [1.807, 2.05) is 25.7 Å². The van der Waals surface area contributed by atoms with Gasteiger partial charge < -0.3 is 10.1 Å². The first kappa shape index (κ1) is 14.5. The summed E-state index contributed by atoms with van der Waals surface area (Å²) in [7, 11) is 0. The number of nitrogens with one attached hydrogen (secondary N) is 1. The van der Waals surface area contributed by atoms with Crippen LogP contribution < -0.4 is 10.1 Å². The zero-order valence-corrected chi connectivity index (χ0v) is 12.2. The van der Waals surface area contributed by atoms with Gasteiger partial charge in [0.2, 0.25) is 5.91 Å². The summed E-state index contributed by atoms with van der Waals surface area (Å²) in [5, 5.41) is 2.81. The molecule has 1 amide bonds. The number of amides is 1. The highest BCUT2D eigenvalue weighted by Crippen LogP contribution is 2.31. The number of carbonyl (C=O) groups is 2. The Hall–Kier alpha value is -1.88. The molecule has 0 radical (unpaired) electrons. The van der Waals surface area contributed by atoms with Gasteiger partial charge in [0, 0.05) is 5.69 Å². The zero-order valence-electron chi connectivity index (χ0n) is 12.2. The average molecular weight is 276 g/mol. The van der Waals surface area contributed by atoms with Crippen molar-refractivity contribution in [3.05, 3.63) is 23.3 Å². The Morgan fingerprint density at radius 1 is 1.35 bits per heavy atom. The van der Waals surface area contributed by atoms with E-state index in [-0.39, 0.29) is 18.4 Å². The number of anilines is 1. The number of carbonyl (C=O) groups excluding carboxylic acids is 2. The van der Waals surface area contributed by atoms with Crippen LogP contribution in [-0.4, -0.2) is 36.4 Å². The molecule has 1 aromatic carbocycles. The quantitative estimate of drug-likeness (QED) is 0.657. The zero-order chi connectivity index (χ0) is 14.7. The Morgan fingerprint density at radius 3 is 2.70 bits per heavy atom. The van der Waals surface area contributed by atoms with Crippen LogP contribution in [0.25, 0.3) is 0 Å². The van der Waals surface area contributed by atoms with Crippen LogP contribution in [0.4, 0.5) is 5.69 Å². The molecule has 0 aliphatic carbocycles. The van der Waals surface area contributed by atoms with E-state index in [9.17, 15) is 9.59 Å². The van der Waals surface area contributed by atoms with Crippen LogP contribution in [0.2, 0.25) is 0 Å². The van der Waals surface area contributed by atoms with Crippen LogP contribution in [0.3, 0.4) is 0 Å². The van der Waals surface area contributed by atoms with Gasteiger partial charge in [-0.2, -0.15) is 0 Å². The lowest BCUT2D eigenvalue weighted by atomic mass is 10.1. The summed E-state index contributed by atoms with van der Waals surface area (Å²) in [5.74, 6) is 0.218. The van der Waals surface area contributed by atoms with Gasteiger partial charge >= 0.3 is 5.97 Å². The second-order valence-corrected chi connectivity index (χ2v) is 4.93. The van der Waals surface area contributed by atoms with Crippen LogP contribution in [0.5, 0.6) is 5.75 Å². The predicted octanol–water partition coefficient (Wildman–Crippen LogP) is 1.74. The molecular formula is C15H20N2O3. The molecular weight excluding hydrogens is 256 g/mol. The molecule has 108 valence electrons. The maximum Gasteiger partial charge on any atom is 0.325 e. The van der Waals surface area contributed by atoms with E-state index in [2.05, 4.69) is 5.32 Å². The Morgan fingerprint density at radius 2 is 2.05 bits per heavy atom. The van der Waals surface area contributed by atoms with Gasteiger partial charge in [0.25, 0.3) is 0 Å². The molecule has 1 aromatic rings. The molecule has 0 aromatic heterocycles. The monoisotopic (exact) mass is 276 g/mol. The van der Waals surface area contributed by atoms with Crippen LogP contribution in [-0.2, 0) is 16.0 Å². The summed E-state index contributed by atoms with van der Waals surface area (Å²) < 4.78 is 5.37. The largest absolute Gasteiger partial charge is 0.426 e. The molecule has 1 aliphatic rings. The summed E-state index contributed by atoms with van der Waals surface area (Å²) in [6.45, 7) is 7.81. The van der Waals surface area contributed by atoms with Gasteiger partial charge in [-0.3, -0.25) is 14.5 Å². The van der Waals surface area contributed by atoms with Crippen LogP contribution in [0.15, 0.2) is 12.1 Å². The highest BCUT2D eigenvalue weighted by Gasteiger charge is 2.21. The van der Waals surface area contributed by atoms with Crippen molar-refractivity contribution < 1.29 is 14.3 Å². The molecule has 1 heterocycles. The molecule has 1 N–H and O–H groups in total. The molecule has 5 heteroatoms. The molecule has 0 saturated carbocycles. The fourth-order valence-corrected chi connectivity index (χ4v) is 2.35. The molecule has 0 fully saturated rings. The Kier molecular flexibility index (Phi) is 4.39. The highest BCUT2D eigenvalue weighted by molar-refractivity contribution is 6.00. The van der Waals surface area contributed by atoms with Gasteiger partial charge in [-0.15, -0.1) is 0 Å². The molecule has 0 bridgehead atoms. The highest BCUT2D eigenvalue weighted by atomic mass is 16.5. The number of fused-ring (bicyclic) bond motifs is 1. The number of hydrogen-bond donors (Lipinski definition) is 1. The van der Waals surface area contributed by atoms with Crippen molar-refractivity contribution in [3.8, 4) is 5.75 Å². The fraction of sp³-hybridized carbons (Fsp3) is 0.467. The second kappa shape index (κ2) is 6.05. The van der Waals surface area contributed by atoms with Crippen LogP contribution >= 0.6 is 0 Å². The summed E-state index contributed by atoms with van der Waals surface area (Å²) >= 11 is 0. The van der Waals surface area contributed by atoms with Crippen molar-refractivity contribution in [1.29, 1.82) is 0 Å². The number of ether oxygens (including phenoxy) is 1. The maximum atomic E-state index is 11.9. The van der Waals surface area contributed by atoms with Crippen molar-refractivity contribution in [2.75, 3.05) is 25.0 Å². The van der Waals surface area contributed by atoms with Crippen LogP contribution in [0.1, 0.15) is 25.0 Å². The van der Waals surface area contributed by atoms with E-state index in [1.54, 1.807) is 12.1 Å². The van der Waals surface area contributed by atoms with Gasteiger partial charge in [-0.1, -0.05) is 13.8 Å². The number of nitrogens with zero attached hydrogens (tertiary/aromatic N) is 1. The minimum atomic E-state index is -0.273. The van der Waals surface area contributed by atoms with E-state index < -0.39 is 0 Å². The minimum Gasteiger partial charge on any atom is -0.426 e. The number of benzene rings is 1. The first-order valence-corrected chi connectivity index (χ1v) is 6.89. The lowest BCUT2D eigenvalue weighted by molar-refractivity contribution is -0.135. The molecule has 0 spiro atoms. The molecule has 0 unspecified atom stereocenters. The minimum absolute atomic E-state index is 0.0188. The average Bonchev–Trinajstić information content (AvgIpc) is 2.77. The number of hydrogen-bond acceptors (Lipinski definition) is 4. The van der Waals surface area contributed by atoms with Crippen molar-refractivity contribution in [2.24, 2.45) is 0 Å². The standard InChI is InChI=1S/C15H20N2O3/c1-4-17(5-2)9-14(19)20-12-6-10(3)15-11(7-12)8-13(18)16-15/h6-7H,4-5,8-9H2,1-3H3,(H,16,18). The molecule has 20 heavy (non-hydrogen) atoms. The van der Waals surface area contributed by atoms with Crippen molar-refractivity contribution in [3.63, 3.8) is 0 Å². The van der Waals surface area contributed by atoms with Gasteiger partial charge in [0.05, 0.1) is 13.0 Å². The number of aryl methyl sites for hydroxylation is 1. The molecule has 5 nitrogen and oxygen atoms in total. The molecule has 1 aliphatic heterocycles. The number of likely N-dealkylation sites (N-methyl/N-ethyl adjacent to an activating group) is 1. The van der Waals surface area contributed by atoms with E-state index in [0.717, 1.165) is 29.9 Å². The summed E-state index contributed by atoms with van der Waals surface area (Å²) in [6.07, 6.45) is 0.345. The predicted molar refractivity (Wildman–Crippen MR) is 76.9 cm³/mol. The number of esters is 1. The van der Waals surface area contributed by atoms with Gasteiger partial charge in [0.1, 0.15) is 5.75 Å². The maximum absolute atomic E-state index is 11.9. The van der Waals surface area contributed by atoms with Gasteiger partial charge in [-0.05, 0) is 43.3 Å². The number of rotatable bonds is 5. The van der Waals surface area contributed by atoms with Gasteiger partial charge in [0.15, 0.2) is 0 Å². The van der Waals surface area contributed by atoms with Gasteiger partial charge in [-0.25, -0.2) is 0 Å². The summed E-state index contributed by atoms with van der Waals surface area (Å²) in [6, 6.07) is 3.55. The first-order valence-electron chi connectivity index (χ1n) is 6.89. The normalized spacial score (nSPS) is 13.3. The van der Waals surface area contributed by atoms with Crippen molar-refractivity contribution in [2.45, 2.75) is 27.2 Å². The SMILES string of the molecule is CCN(CC)CC(=O)Oc1cc(C)c2c(c1)CC(=O)N2. The van der Waals surface area contributed by atoms with E-state index >= 15 is 0 Å². The van der Waals surface area contributed by atoms with E-state index in [0.29, 0.717) is 12.2 Å². The summed E-state index contributed by atoms with van der Waals surface area (Å²) in [4.78, 5) is 25.2. The van der Waals surface area contributed by atoms with E-state index in [4.69, 9.17) is 4.74 Å². The molecule has 0 saturated heterocycles. The smallest absolute Gasteiger partial charge is 0.325 e. The fourth-order valence-electron chi connectivity index (χ4n) is 2.35. The lowest BCUT2D eigenvalue weighted by Crippen LogP contribution is -2.31. The summed E-state index contributed by atoms with van der Waals surface area (Å²) in [5.41, 5.74) is 2.65. The Balaban J connectivity index is 2.08. The topological polar surface area (TPSA) is 58.6 Å². The van der Waals surface area contributed by atoms with Crippen LogP contribution in [0, 0.1) is 6.92 Å².